The standard InChI is InChI=1S/C8H16N2.C2H7O4P/c1-3-4-5-10-7-6-9(2)8-10;1-5-7(3,4)6-2/h6-7H,3-5,8H2,1-2H3;1-2H3,(H,3,4). The maximum atomic E-state index is 10.1. The number of rotatable bonds is 5. The van der Waals surface area contributed by atoms with Gasteiger partial charge in [-0.05, 0) is 6.42 Å². The van der Waals surface area contributed by atoms with Gasteiger partial charge in [0.15, 0.2) is 0 Å². The molecule has 6 nitrogen and oxygen atoms in total. The lowest BCUT2D eigenvalue weighted by atomic mass is 10.3. The molecule has 0 aromatic carbocycles. The molecule has 0 aromatic heterocycles. The van der Waals surface area contributed by atoms with Crippen molar-refractivity contribution in [1.82, 2.24) is 9.80 Å². The van der Waals surface area contributed by atoms with E-state index in [-0.39, 0.29) is 0 Å². The van der Waals surface area contributed by atoms with Gasteiger partial charge in [-0.3, -0.25) is 9.05 Å². The van der Waals surface area contributed by atoms with Gasteiger partial charge in [0.1, 0.15) is 0 Å². The quantitative estimate of drug-likeness (QED) is 0.766. The first-order valence-corrected chi connectivity index (χ1v) is 7.01. The van der Waals surface area contributed by atoms with Gasteiger partial charge in [0, 0.05) is 40.2 Å². The summed E-state index contributed by atoms with van der Waals surface area (Å²) in [5.41, 5.74) is 0. The van der Waals surface area contributed by atoms with Gasteiger partial charge in [-0.1, -0.05) is 13.3 Å². The van der Waals surface area contributed by atoms with Crippen molar-refractivity contribution in [3.05, 3.63) is 12.4 Å². The lowest BCUT2D eigenvalue weighted by Crippen LogP contribution is -2.23. The molecule has 1 aliphatic heterocycles. The monoisotopic (exact) mass is 266 g/mol. The number of phosphoric ester groups is 1. The topological polar surface area (TPSA) is 62.2 Å². The number of phosphoric acid groups is 1. The highest BCUT2D eigenvalue weighted by Crippen LogP contribution is 2.40. The van der Waals surface area contributed by atoms with Crippen molar-refractivity contribution in [2.75, 3.05) is 34.5 Å². The van der Waals surface area contributed by atoms with E-state index < -0.39 is 7.82 Å². The summed E-state index contributed by atoms with van der Waals surface area (Å²) in [6.45, 7) is 4.50. The summed E-state index contributed by atoms with van der Waals surface area (Å²) in [4.78, 5) is 12.8. The molecule has 0 spiro atoms. The molecule has 1 rings (SSSR count). The lowest BCUT2D eigenvalue weighted by Gasteiger charge is -2.17. The minimum atomic E-state index is -3.65. The van der Waals surface area contributed by atoms with Gasteiger partial charge in [0.25, 0.3) is 0 Å². The third-order valence-electron chi connectivity index (χ3n) is 2.20. The normalized spacial score (nSPS) is 14.9. The van der Waals surface area contributed by atoms with Crippen LogP contribution in [0.4, 0.5) is 0 Å². The minimum Gasteiger partial charge on any atom is -0.362 e. The van der Waals surface area contributed by atoms with Gasteiger partial charge in [0.2, 0.25) is 0 Å². The molecular formula is C10H23N2O4P. The van der Waals surface area contributed by atoms with Gasteiger partial charge in [-0.25, -0.2) is 4.57 Å². The van der Waals surface area contributed by atoms with E-state index in [0.717, 1.165) is 20.9 Å². The van der Waals surface area contributed by atoms with E-state index in [4.69, 9.17) is 4.89 Å². The second kappa shape index (κ2) is 8.53. The Labute approximate surface area is 103 Å². The Balaban J connectivity index is 0.000000325. The predicted octanol–water partition coefficient (Wildman–Crippen LogP) is 1.84. The van der Waals surface area contributed by atoms with Crippen molar-refractivity contribution in [2.45, 2.75) is 19.8 Å². The molecule has 0 saturated carbocycles. The molecule has 0 atom stereocenters. The highest BCUT2D eigenvalue weighted by atomic mass is 31.2. The lowest BCUT2D eigenvalue weighted by molar-refractivity contribution is 0.204. The van der Waals surface area contributed by atoms with Gasteiger partial charge >= 0.3 is 7.82 Å². The Morgan fingerprint density at radius 1 is 1.35 bits per heavy atom. The van der Waals surface area contributed by atoms with E-state index in [1.807, 2.05) is 0 Å². The summed E-state index contributed by atoms with van der Waals surface area (Å²) < 4.78 is 18.0. The van der Waals surface area contributed by atoms with Crippen molar-refractivity contribution < 1.29 is 18.5 Å². The average Bonchev–Trinajstić information content (AvgIpc) is 2.73. The van der Waals surface area contributed by atoms with Crippen molar-refractivity contribution in [3.63, 3.8) is 0 Å². The maximum Gasteiger partial charge on any atom is 0.471 e. The molecule has 1 aliphatic rings. The van der Waals surface area contributed by atoms with E-state index in [0.29, 0.717) is 0 Å². The van der Waals surface area contributed by atoms with Crippen LogP contribution in [0.2, 0.25) is 0 Å². The van der Waals surface area contributed by atoms with E-state index in [1.54, 1.807) is 0 Å². The van der Waals surface area contributed by atoms with Crippen LogP contribution in [-0.2, 0) is 13.6 Å². The van der Waals surface area contributed by atoms with Crippen LogP contribution in [0.3, 0.4) is 0 Å². The molecular weight excluding hydrogens is 243 g/mol. The first kappa shape index (κ1) is 16.4. The molecule has 0 saturated heterocycles. The minimum absolute atomic E-state index is 1.07. The van der Waals surface area contributed by atoms with Crippen molar-refractivity contribution in [1.29, 1.82) is 0 Å². The third kappa shape index (κ3) is 8.21. The molecule has 1 heterocycles. The van der Waals surface area contributed by atoms with Crippen LogP contribution in [0.1, 0.15) is 19.8 Å². The first-order chi connectivity index (χ1) is 7.95. The highest BCUT2D eigenvalue weighted by molar-refractivity contribution is 7.47. The summed E-state index contributed by atoms with van der Waals surface area (Å²) in [6.07, 6.45) is 6.87. The van der Waals surface area contributed by atoms with E-state index in [2.05, 4.69) is 45.2 Å². The average molecular weight is 266 g/mol. The first-order valence-electron chi connectivity index (χ1n) is 5.52. The van der Waals surface area contributed by atoms with Gasteiger partial charge in [-0.2, -0.15) is 0 Å². The molecule has 0 radical (unpaired) electrons. The predicted molar refractivity (Wildman–Crippen MR) is 67.2 cm³/mol. The smallest absolute Gasteiger partial charge is 0.362 e. The third-order valence-corrected chi connectivity index (χ3v) is 3.12. The molecule has 7 heteroatoms. The molecule has 17 heavy (non-hydrogen) atoms. The maximum absolute atomic E-state index is 10.1. The molecule has 102 valence electrons. The van der Waals surface area contributed by atoms with Gasteiger partial charge < -0.3 is 14.7 Å². The Hall–Kier alpha value is -0.550. The Morgan fingerprint density at radius 2 is 1.94 bits per heavy atom. The van der Waals surface area contributed by atoms with Gasteiger partial charge in [0.05, 0.1) is 6.67 Å². The number of hydrogen-bond acceptors (Lipinski definition) is 5. The zero-order chi connectivity index (χ0) is 13.3. The van der Waals surface area contributed by atoms with Crippen LogP contribution in [0.15, 0.2) is 12.4 Å². The fourth-order valence-electron chi connectivity index (χ4n) is 1.17. The van der Waals surface area contributed by atoms with Crippen LogP contribution in [0.5, 0.6) is 0 Å². The van der Waals surface area contributed by atoms with Crippen LogP contribution in [0, 0.1) is 0 Å². The van der Waals surface area contributed by atoms with Crippen molar-refractivity contribution in [2.24, 2.45) is 0 Å². The Kier molecular flexibility index (Phi) is 8.25. The molecule has 0 aliphatic carbocycles. The number of hydrogen-bond donors (Lipinski definition) is 1. The summed E-state index contributed by atoms with van der Waals surface area (Å²) in [5.74, 6) is 0. The Morgan fingerprint density at radius 3 is 2.24 bits per heavy atom. The zero-order valence-electron chi connectivity index (χ0n) is 11.0. The molecule has 0 bridgehead atoms. The van der Waals surface area contributed by atoms with Crippen LogP contribution in [-0.4, -0.2) is 49.2 Å². The van der Waals surface area contributed by atoms with Crippen molar-refractivity contribution in [3.8, 4) is 0 Å². The molecule has 0 aromatic rings. The summed E-state index contributed by atoms with van der Waals surface area (Å²) in [6, 6.07) is 0. The Bertz CT molecular complexity index is 265. The second-order valence-electron chi connectivity index (χ2n) is 3.70. The zero-order valence-corrected chi connectivity index (χ0v) is 11.9. The van der Waals surface area contributed by atoms with Crippen molar-refractivity contribution >= 4 is 7.82 Å². The van der Waals surface area contributed by atoms with E-state index in [1.165, 1.54) is 19.4 Å². The van der Waals surface area contributed by atoms with Gasteiger partial charge in [-0.15, -0.1) is 0 Å². The second-order valence-corrected chi connectivity index (χ2v) is 5.36. The number of nitrogens with zero attached hydrogens (tertiary/aromatic N) is 2. The van der Waals surface area contributed by atoms with E-state index in [9.17, 15) is 4.57 Å². The summed E-state index contributed by atoms with van der Waals surface area (Å²) in [7, 11) is 0.648. The molecule has 0 fully saturated rings. The molecule has 0 unspecified atom stereocenters. The van der Waals surface area contributed by atoms with Crippen LogP contribution in [0.25, 0.3) is 0 Å². The fraction of sp³-hybridized carbons (Fsp3) is 0.800. The van der Waals surface area contributed by atoms with Crippen LogP contribution < -0.4 is 0 Å². The summed E-state index contributed by atoms with van der Waals surface area (Å²) >= 11 is 0. The SMILES string of the molecule is CCCCN1C=CN(C)C1.COP(=O)(O)OC. The summed E-state index contributed by atoms with van der Waals surface area (Å²) in [5, 5.41) is 0. The molecule has 0 amide bonds. The fourth-order valence-corrected chi connectivity index (χ4v) is 1.32. The van der Waals surface area contributed by atoms with E-state index >= 15 is 0 Å². The molecule has 1 N–H and O–H groups in total. The highest BCUT2D eigenvalue weighted by Gasteiger charge is 2.13. The largest absolute Gasteiger partial charge is 0.471 e. The van der Waals surface area contributed by atoms with Crippen LogP contribution >= 0.6 is 7.82 Å². The number of unbranched alkanes of at least 4 members (excludes halogenated alkanes) is 1.